The normalized spacial score (nSPS) is 43.5. The molecule has 2 saturated carbocycles. The highest BCUT2D eigenvalue weighted by atomic mass is 16.3. The molecule has 4 aliphatic carbocycles. The molecule has 0 amide bonds. The Labute approximate surface area is 202 Å². The number of ketones is 1. The average molecular weight is 459 g/mol. The quantitative estimate of drug-likeness (QED) is 0.443. The molecule has 0 spiro atoms. The second-order valence-corrected chi connectivity index (χ2v) is 14.2. The lowest BCUT2D eigenvalue weighted by Crippen LogP contribution is -2.55. The number of hydrogen-bond donors (Lipinski definition) is 2. The van der Waals surface area contributed by atoms with Gasteiger partial charge in [0.2, 0.25) is 0 Å². The highest BCUT2D eigenvalue weighted by Crippen LogP contribution is 2.72. The molecular weight excluding hydrogens is 408 g/mol. The molecule has 0 aromatic rings. The molecule has 2 N–H and O–H groups in total. The molecule has 3 nitrogen and oxygen atoms in total. The second-order valence-electron chi connectivity index (χ2n) is 14.2. The summed E-state index contributed by atoms with van der Waals surface area (Å²) in [6.45, 7) is 17.9. The van der Waals surface area contributed by atoms with E-state index in [1.807, 2.05) is 0 Å². The van der Waals surface area contributed by atoms with Gasteiger partial charge in [-0.3, -0.25) is 4.79 Å². The highest BCUT2D eigenvalue weighted by Gasteiger charge is 2.63. The first kappa shape index (κ1) is 25.4. The monoisotopic (exact) mass is 458 g/mol. The molecule has 7 atom stereocenters. The van der Waals surface area contributed by atoms with Gasteiger partial charge in [-0.25, -0.2) is 0 Å². The maximum atomic E-state index is 12.4. The van der Waals surface area contributed by atoms with Gasteiger partial charge in [-0.1, -0.05) is 52.7 Å². The number of aliphatic hydroxyl groups is 2. The average Bonchev–Trinajstić information content (AvgIpc) is 3.00. The van der Waals surface area contributed by atoms with E-state index in [2.05, 4.69) is 41.5 Å². The van der Waals surface area contributed by atoms with Gasteiger partial charge in [0.25, 0.3) is 0 Å². The number of hydrogen-bond acceptors (Lipinski definition) is 3. The first-order valence-electron chi connectivity index (χ1n) is 13.8. The van der Waals surface area contributed by atoms with Crippen LogP contribution in [0.25, 0.3) is 0 Å². The number of rotatable bonds is 5. The first-order chi connectivity index (χ1) is 15.1. The zero-order valence-corrected chi connectivity index (χ0v) is 22.7. The standard InChI is InChI=1S/C30H50O3/c1-19(9-12-25(32)27(4,5)33)20-13-17-30(8)22-10-11-23-26(2,3)24(31)15-16-28(23,6)21(22)14-18-29(20,30)7/h19-20,23-24,31,33H,9-18H2,1-8H3/t19-,20-,23?,24?,28-,29-,30+/m1/s1. The topological polar surface area (TPSA) is 57.5 Å². The maximum Gasteiger partial charge on any atom is 0.163 e. The second kappa shape index (κ2) is 7.92. The zero-order chi connectivity index (χ0) is 24.6. The lowest BCUT2D eigenvalue weighted by Gasteiger charge is -2.62. The van der Waals surface area contributed by atoms with Crippen LogP contribution in [0.4, 0.5) is 0 Å². The molecule has 0 aromatic carbocycles. The van der Waals surface area contributed by atoms with Crippen molar-refractivity contribution in [1.82, 2.24) is 0 Å². The van der Waals surface area contributed by atoms with E-state index < -0.39 is 5.60 Å². The fourth-order valence-electron chi connectivity index (χ4n) is 9.49. The van der Waals surface area contributed by atoms with Gasteiger partial charge in [-0.15, -0.1) is 0 Å². The van der Waals surface area contributed by atoms with Crippen LogP contribution in [0, 0.1) is 39.4 Å². The summed E-state index contributed by atoms with van der Waals surface area (Å²) in [5.74, 6) is 1.69. The Hall–Kier alpha value is -0.670. The number of Topliss-reactive ketones (excluding diaryl/α,β-unsaturated/α-hetero) is 1. The molecule has 2 unspecified atom stereocenters. The van der Waals surface area contributed by atoms with E-state index in [0.717, 1.165) is 19.3 Å². The van der Waals surface area contributed by atoms with Crippen LogP contribution >= 0.6 is 0 Å². The van der Waals surface area contributed by atoms with E-state index in [0.29, 0.717) is 24.2 Å². The summed E-state index contributed by atoms with van der Waals surface area (Å²) in [6.07, 6.45) is 10.7. The molecule has 188 valence electrons. The van der Waals surface area contributed by atoms with E-state index in [-0.39, 0.29) is 33.5 Å². The third-order valence-corrected chi connectivity index (χ3v) is 12.0. The first-order valence-corrected chi connectivity index (χ1v) is 13.8. The minimum absolute atomic E-state index is 0.00701. The maximum absolute atomic E-state index is 12.4. The number of carbonyl (C=O) groups is 1. The Kier molecular flexibility index (Phi) is 6.10. The molecular formula is C30H50O3. The summed E-state index contributed by atoms with van der Waals surface area (Å²) in [4.78, 5) is 12.4. The third-order valence-electron chi connectivity index (χ3n) is 12.0. The highest BCUT2D eigenvalue weighted by molar-refractivity contribution is 5.86. The van der Waals surface area contributed by atoms with Crippen molar-refractivity contribution in [3.05, 3.63) is 11.1 Å². The summed E-state index contributed by atoms with van der Waals surface area (Å²) >= 11 is 0. The smallest absolute Gasteiger partial charge is 0.163 e. The van der Waals surface area contributed by atoms with Crippen molar-refractivity contribution in [3.63, 3.8) is 0 Å². The fraction of sp³-hybridized carbons (Fsp3) is 0.900. The van der Waals surface area contributed by atoms with Crippen LogP contribution < -0.4 is 0 Å². The predicted octanol–water partition coefficient (Wildman–Crippen LogP) is 6.85. The van der Waals surface area contributed by atoms with Crippen LogP contribution in [0.1, 0.15) is 120 Å². The molecule has 0 aliphatic heterocycles. The Bertz CT molecular complexity index is 832. The van der Waals surface area contributed by atoms with Crippen LogP contribution in [-0.4, -0.2) is 27.7 Å². The number of allylic oxidation sites excluding steroid dienone is 2. The minimum atomic E-state index is -1.21. The zero-order valence-electron chi connectivity index (χ0n) is 22.7. The van der Waals surface area contributed by atoms with Gasteiger partial charge in [0.05, 0.1) is 6.10 Å². The van der Waals surface area contributed by atoms with E-state index in [9.17, 15) is 15.0 Å². The van der Waals surface area contributed by atoms with E-state index >= 15 is 0 Å². The number of carbonyl (C=O) groups excluding carboxylic acids is 1. The lowest BCUT2D eigenvalue weighted by atomic mass is 9.43. The van der Waals surface area contributed by atoms with Crippen molar-refractivity contribution >= 4 is 5.78 Å². The Morgan fingerprint density at radius 3 is 2.30 bits per heavy atom. The molecule has 0 aromatic heterocycles. The van der Waals surface area contributed by atoms with Gasteiger partial charge >= 0.3 is 0 Å². The molecule has 3 heteroatoms. The molecule has 33 heavy (non-hydrogen) atoms. The molecule has 4 rings (SSSR count). The Morgan fingerprint density at radius 2 is 1.67 bits per heavy atom. The van der Waals surface area contributed by atoms with Gasteiger partial charge in [-0.05, 0) is 111 Å². The van der Waals surface area contributed by atoms with Crippen LogP contribution in [0.5, 0.6) is 0 Å². The summed E-state index contributed by atoms with van der Waals surface area (Å²) < 4.78 is 0. The van der Waals surface area contributed by atoms with Gasteiger partial charge < -0.3 is 10.2 Å². The molecule has 0 bridgehead atoms. The summed E-state index contributed by atoms with van der Waals surface area (Å²) in [6, 6.07) is 0. The van der Waals surface area contributed by atoms with E-state index in [1.165, 1.54) is 38.5 Å². The van der Waals surface area contributed by atoms with Gasteiger partial charge in [0.15, 0.2) is 5.78 Å². The van der Waals surface area contributed by atoms with E-state index in [4.69, 9.17) is 0 Å². The van der Waals surface area contributed by atoms with Crippen molar-refractivity contribution in [1.29, 1.82) is 0 Å². The molecule has 4 aliphatic rings. The largest absolute Gasteiger partial charge is 0.393 e. The van der Waals surface area contributed by atoms with Crippen molar-refractivity contribution in [2.24, 2.45) is 39.4 Å². The SMILES string of the molecule is C[C@H](CCC(=O)C(C)(C)O)[C@H]1CC[C@@]2(C)C3=C(CC[C@]12C)[C@@]1(C)CCC(O)C(C)(C)C1CC3. The van der Waals surface area contributed by atoms with Gasteiger partial charge in [0.1, 0.15) is 5.60 Å². The van der Waals surface area contributed by atoms with Gasteiger partial charge in [0, 0.05) is 6.42 Å². The predicted molar refractivity (Wildman–Crippen MR) is 135 cm³/mol. The summed E-state index contributed by atoms with van der Waals surface area (Å²) in [5.41, 5.74) is 3.11. The lowest BCUT2D eigenvalue weighted by molar-refractivity contribution is -0.134. The third kappa shape index (κ3) is 3.62. The van der Waals surface area contributed by atoms with Crippen molar-refractivity contribution in [3.8, 4) is 0 Å². The van der Waals surface area contributed by atoms with Crippen molar-refractivity contribution in [2.45, 2.75) is 131 Å². The Morgan fingerprint density at radius 1 is 1.00 bits per heavy atom. The van der Waals surface area contributed by atoms with Crippen LogP contribution in [0.2, 0.25) is 0 Å². The van der Waals surface area contributed by atoms with Crippen molar-refractivity contribution < 1.29 is 15.0 Å². The summed E-state index contributed by atoms with van der Waals surface area (Å²) in [5, 5.41) is 20.9. The number of fused-ring (bicyclic) bond motifs is 4. The molecule has 0 radical (unpaired) electrons. The van der Waals surface area contributed by atoms with Gasteiger partial charge in [-0.2, -0.15) is 0 Å². The van der Waals surface area contributed by atoms with Crippen LogP contribution in [0.15, 0.2) is 11.1 Å². The Balaban J connectivity index is 1.61. The molecule has 2 fully saturated rings. The molecule has 0 heterocycles. The van der Waals surface area contributed by atoms with Crippen molar-refractivity contribution in [2.75, 3.05) is 0 Å². The van der Waals surface area contributed by atoms with E-state index in [1.54, 1.807) is 25.0 Å². The fourth-order valence-corrected chi connectivity index (χ4v) is 9.49. The van der Waals surface area contributed by atoms with Crippen LogP contribution in [0.3, 0.4) is 0 Å². The molecule has 0 saturated heterocycles. The minimum Gasteiger partial charge on any atom is -0.393 e. The van der Waals surface area contributed by atoms with Crippen LogP contribution in [-0.2, 0) is 4.79 Å². The summed E-state index contributed by atoms with van der Waals surface area (Å²) in [7, 11) is 0. The number of aliphatic hydroxyl groups excluding tert-OH is 1.